The van der Waals surface area contributed by atoms with Crippen molar-refractivity contribution in [1.29, 1.82) is 0 Å². The quantitative estimate of drug-likeness (QED) is 0.610. The van der Waals surface area contributed by atoms with Crippen LogP contribution in [0.1, 0.15) is 0 Å². The SMILES string of the molecule is [CH2]CS(=O)(=S)N1CCOCC1. The van der Waals surface area contributed by atoms with Gasteiger partial charge in [0.2, 0.25) is 0 Å². The van der Waals surface area contributed by atoms with E-state index in [9.17, 15) is 4.21 Å². The van der Waals surface area contributed by atoms with Crippen LogP contribution in [-0.2, 0) is 24.6 Å². The Hall–Kier alpha value is 0.290. The zero-order valence-corrected chi connectivity index (χ0v) is 7.96. The van der Waals surface area contributed by atoms with E-state index in [0.717, 1.165) is 0 Å². The van der Waals surface area contributed by atoms with Gasteiger partial charge >= 0.3 is 0 Å². The first-order valence-corrected chi connectivity index (χ1v) is 6.12. The Labute approximate surface area is 72.5 Å². The van der Waals surface area contributed by atoms with Gasteiger partial charge in [-0.25, -0.2) is 8.51 Å². The largest absolute Gasteiger partial charge is 0.379 e. The van der Waals surface area contributed by atoms with Gasteiger partial charge in [-0.05, 0) is 18.1 Å². The molecule has 0 aromatic carbocycles. The summed E-state index contributed by atoms with van der Waals surface area (Å²) in [6.45, 7) is 6.19. The maximum absolute atomic E-state index is 11.5. The first kappa shape index (κ1) is 9.38. The van der Waals surface area contributed by atoms with Crippen molar-refractivity contribution in [3.63, 3.8) is 0 Å². The number of ether oxygens (including phenoxy) is 1. The summed E-state index contributed by atoms with van der Waals surface area (Å²) < 4.78 is 18.4. The molecule has 1 aliphatic heterocycles. The lowest BCUT2D eigenvalue weighted by Gasteiger charge is -2.27. The Morgan fingerprint density at radius 2 is 2.09 bits per heavy atom. The Kier molecular flexibility index (Phi) is 3.24. The monoisotopic (exact) mass is 194 g/mol. The fourth-order valence-corrected chi connectivity index (χ4v) is 2.36. The zero-order valence-electron chi connectivity index (χ0n) is 6.32. The van der Waals surface area contributed by atoms with Crippen LogP contribution in [0, 0.1) is 6.92 Å². The van der Waals surface area contributed by atoms with Gasteiger partial charge in [-0.2, -0.15) is 0 Å². The molecule has 5 heteroatoms. The number of nitrogens with zero attached hydrogens (tertiary/aromatic N) is 1. The molecule has 11 heavy (non-hydrogen) atoms. The lowest BCUT2D eigenvalue weighted by molar-refractivity contribution is 0.0751. The summed E-state index contributed by atoms with van der Waals surface area (Å²) in [4.78, 5) is 0. The maximum atomic E-state index is 11.5. The molecule has 1 aliphatic rings. The fraction of sp³-hybridized carbons (Fsp3) is 0.833. The van der Waals surface area contributed by atoms with E-state index in [4.69, 9.17) is 15.9 Å². The van der Waals surface area contributed by atoms with Crippen LogP contribution in [-0.4, -0.2) is 40.6 Å². The van der Waals surface area contributed by atoms with Crippen molar-refractivity contribution >= 4 is 19.9 Å². The predicted molar refractivity (Wildman–Crippen MR) is 48.1 cm³/mol. The minimum atomic E-state index is -2.25. The summed E-state index contributed by atoms with van der Waals surface area (Å²) in [5.74, 6) is 0.308. The van der Waals surface area contributed by atoms with Gasteiger partial charge in [0.05, 0.1) is 21.9 Å². The molecule has 0 aromatic rings. The second-order valence-electron chi connectivity index (χ2n) is 2.33. The third kappa shape index (κ3) is 2.37. The highest BCUT2D eigenvalue weighted by molar-refractivity contribution is 8.31. The van der Waals surface area contributed by atoms with Crippen molar-refractivity contribution in [2.75, 3.05) is 32.1 Å². The predicted octanol–water partition coefficient (Wildman–Crippen LogP) is -0.186. The van der Waals surface area contributed by atoms with E-state index in [1.807, 2.05) is 0 Å². The van der Waals surface area contributed by atoms with Gasteiger partial charge in [0.25, 0.3) is 0 Å². The average Bonchev–Trinajstić information content (AvgIpc) is 2.06. The molecule has 1 fully saturated rings. The van der Waals surface area contributed by atoms with Crippen molar-refractivity contribution in [2.24, 2.45) is 0 Å². The highest BCUT2D eigenvalue weighted by Gasteiger charge is 2.18. The zero-order chi connectivity index (χ0) is 8.32. The van der Waals surface area contributed by atoms with E-state index in [2.05, 4.69) is 6.92 Å². The molecule has 3 nitrogen and oxygen atoms in total. The summed E-state index contributed by atoms with van der Waals surface area (Å²) in [5.41, 5.74) is 0. The molecule has 1 atom stereocenters. The summed E-state index contributed by atoms with van der Waals surface area (Å²) in [7, 11) is -2.25. The molecular formula is C6H12NO2S2. The van der Waals surface area contributed by atoms with Crippen molar-refractivity contribution in [3.05, 3.63) is 6.92 Å². The summed E-state index contributed by atoms with van der Waals surface area (Å²) in [6, 6.07) is 0. The first-order valence-electron chi connectivity index (χ1n) is 3.51. The normalized spacial score (nSPS) is 26.3. The Balaban J connectivity index is 2.58. The number of hydrogen-bond donors (Lipinski definition) is 0. The van der Waals surface area contributed by atoms with E-state index >= 15 is 0 Å². The molecule has 0 N–H and O–H groups in total. The second-order valence-corrected chi connectivity index (χ2v) is 5.98. The van der Waals surface area contributed by atoms with Crippen LogP contribution in [0.2, 0.25) is 0 Å². The number of rotatable bonds is 2. The standard InChI is InChI=1S/C6H12NO2S2/c1-2-11(8,10)7-3-5-9-6-4-7/h1-6H2. The van der Waals surface area contributed by atoms with Gasteiger partial charge in [0.1, 0.15) is 0 Å². The summed E-state index contributed by atoms with van der Waals surface area (Å²) >= 11 is 4.90. The molecule has 1 rings (SSSR count). The van der Waals surface area contributed by atoms with Crippen LogP contribution < -0.4 is 0 Å². The van der Waals surface area contributed by atoms with Gasteiger partial charge in [-0.1, -0.05) is 0 Å². The molecule has 1 unspecified atom stereocenters. The summed E-state index contributed by atoms with van der Waals surface area (Å²) in [5, 5.41) is 0. The number of morpholine rings is 1. The molecular weight excluding hydrogens is 182 g/mol. The smallest absolute Gasteiger partial charge is 0.0924 e. The Morgan fingerprint density at radius 1 is 1.55 bits per heavy atom. The minimum absolute atomic E-state index is 0.308. The van der Waals surface area contributed by atoms with Crippen molar-refractivity contribution in [1.82, 2.24) is 4.31 Å². The molecule has 0 aromatic heterocycles. The number of hydrogen-bond acceptors (Lipinski definition) is 3. The van der Waals surface area contributed by atoms with Crippen molar-refractivity contribution in [2.45, 2.75) is 0 Å². The minimum Gasteiger partial charge on any atom is -0.379 e. The van der Waals surface area contributed by atoms with E-state index < -0.39 is 8.68 Å². The van der Waals surface area contributed by atoms with Crippen molar-refractivity contribution < 1.29 is 8.95 Å². The van der Waals surface area contributed by atoms with Gasteiger partial charge in [0, 0.05) is 18.8 Å². The molecule has 1 heterocycles. The van der Waals surface area contributed by atoms with Crippen LogP contribution in [0.4, 0.5) is 0 Å². The summed E-state index contributed by atoms with van der Waals surface area (Å²) in [6.07, 6.45) is 0. The topological polar surface area (TPSA) is 29.5 Å². The molecule has 1 saturated heterocycles. The van der Waals surface area contributed by atoms with Crippen molar-refractivity contribution in [3.8, 4) is 0 Å². The van der Waals surface area contributed by atoms with Gasteiger partial charge in [0.15, 0.2) is 0 Å². The molecule has 0 aliphatic carbocycles. The highest BCUT2D eigenvalue weighted by atomic mass is 32.8. The van der Waals surface area contributed by atoms with E-state index in [-0.39, 0.29) is 0 Å². The molecule has 0 bridgehead atoms. The first-order chi connectivity index (χ1) is 5.17. The second kappa shape index (κ2) is 3.80. The van der Waals surface area contributed by atoms with Crippen LogP contribution in [0.3, 0.4) is 0 Å². The fourth-order valence-electron chi connectivity index (χ4n) is 0.954. The lowest BCUT2D eigenvalue weighted by atomic mass is 10.5. The highest BCUT2D eigenvalue weighted by Crippen LogP contribution is 2.04. The van der Waals surface area contributed by atoms with E-state index in [1.165, 1.54) is 0 Å². The van der Waals surface area contributed by atoms with Gasteiger partial charge in [-0.3, -0.25) is 0 Å². The lowest BCUT2D eigenvalue weighted by Crippen LogP contribution is -2.40. The third-order valence-corrected chi connectivity index (χ3v) is 4.42. The molecule has 0 amide bonds. The molecule has 0 spiro atoms. The maximum Gasteiger partial charge on any atom is 0.0924 e. The Morgan fingerprint density at radius 3 is 2.55 bits per heavy atom. The van der Waals surface area contributed by atoms with Crippen LogP contribution in [0.5, 0.6) is 0 Å². The Bertz CT molecular complexity index is 207. The van der Waals surface area contributed by atoms with Crippen LogP contribution >= 0.6 is 0 Å². The molecule has 65 valence electrons. The molecule has 0 saturated carbocycles. The van der Waals surface area contributed by atoms with Crippen LogP contribution in [0.15, 0.2) is 0 Å². The van der Waals surface area contributed by atoms with Crippen LogP contribution in [0.25, 0.3) is 0 Å². The third-order valence-electron chi connectivity index (χ3n) is 1.62. The average molecular weight is 194 g/mol. The van der Waals surface area contributed by atoms with E-state index in [1.54, 1.807) is 4.31 Å². The van der Waals surface area contributed by atoms with Gasteiger partial charge in [-0.15, -0.1) is 0 Å². The van der Waals surface area contributed by atoms with E-state index in [0.29, 0.717) is 32.1 Å². The van der Waals surface area contributed by atoms with Gasteiger partial charge < -0.3 is 4.74 Å². The molecule has 1 radical (unpaired) electrons.